The van der Waals surface area contributed by atoms with Gasteiger partial charge >= 0.3 is 12.8 Å². The number of hydrogen-bond donors (Lipinski definition) is 2. The van der Waals surface area contributed by atoms with E-state index in [-0.39, 0.29) is 47.2 Å². The lowest BCUT2D eigenvalue weighted by atomic mass is 9.74. The molecule has 1 amide bonds. The fraction of sp³-hybridized carbons (Fsp3) is 0.630. The highest BCUT2D eigenvalue weighted by Gasteiger charge is 2.47. The van der Waals surface area contributed by atoms with Crippen LogP contribution >= 0.6 is 11.6 Å². The standard InChI is InChI=1S/C27H35ClF5N3O5S/c1-5-36-22(18-7-6-16(12-19(18)41-24(29)30)13-25(2,3)27(31,32)33)20(28)21(35-36)23(38)34-14-26(15-37)10-8-17(9-11-26)42(4,39)40/h6-7,12,17,24,37H,5,8-11,13-15H2,1-4H3,(H,34,38)/t17-,26+. The molecule has 0 atom stereocenters. The molecule has 1 aromatic heterocycles. The number of amides is 1. The maximum Gasteiger partial charge on any atom is 0.394 e. The van der Waals surface area contributed by atoms with E-state index in [1.165, 1.54) is 23.1 Å². The van der Waals surface area contributed by atoms with Crippen LogP contribution in [0.1, 0.15) is 62.5 Å². The summed E-state index contributed by atoms with van der Waals surface area (Å²) in [5.41, 5.74) is -2.93. The van der Waals surface area contributed by atoms with Crippen LogP contribution in [0.15, 0.2) is 18.2 Å². The molecule has 2 N–H and O–H groups in total. The van der Waals surface area contributed by atoms with Gasteiger partial charge in [0.25, 0.3) is 5.91 Å². The molecule has 1 heterocycles. The van der Waals surface area contributed by atoms with Crippen LogP contribution in [0.2, 0.25) is 5.02 Å². The van der Waals surface area contributed by atoms with Gasteiger partial charge in [0.1, 0.15) is 15.6 Å². The van der Waals surface area contributed by atoms with Crippen molar-refractivity contribution in [2.45, 2.75) is 77.5 Å². The first-order valence-electron chi connectivity index (χ1n) is 13.3. The van der Waals surface area contributed by atoms with Gasteiger partial charge in [-0.05, 0) is 56.7 Å². The second-order valence-corrected chi connectivity index (χ2v) is 14.2. The molecule has 8 nitrogen and oxygen atoms in total. The van der Waals surface area contributed by atoms with Crippen LogP contribution in [0, 0.1) is 10.8 Å². The zero-order chi connectivity index (χ0) is 31.7. The second kappa shape index (κ2) is 12.7. The van der Waals surface area contributed by atoms with Gasteiger partial charge in [0.15, 0.2) is 5.69 Å². The summed E-state index contributed by atoms with van der Waals surface area (Å²) in [7, 11) is -3.23. The molecular weight excluding hydrogens is 609 g/mol. The average molecular weight is 644 g/mol. The van der Waals surface area contributed by atoms with E-state index in [0.29, 0.717) is 25.7 Å². The van der Waals surface area contributed by atoms with Gasteiger partial charge in [0.2, 0.25) is 0 Å². The Hall–Kier alpha value is -2.45. The number of carbonyl (C=O) groups is 1. The predicted octanol–water partition coefficient (Wildman–Crippen LogP) is 5.65. The largest absolute Gasteiger partial charge is 0.434 e. The fourth-order valence-corrected chi connectivity index (χ4v) is 6.54. The number of benzene rings is 1. The van der Waals surface area contributed by atoms with Crippen LogP contribution in [0.4, 0.5) is 22.0 Å². The minimum atomic E-state index is -4.54. The lowest BCUT2D eigenvalue weighted by Gasteiger charge is -2.38. The number of halogens is 6. The Labute approximate surface area is 246 Å². The number of aliphatic hydroxyl groups is 1. The number of aryl methyl sites for hydroxylation is 1. The Kier molecular flexibility index (Phi) is 10.3. The van der Waals surface area contributed by atoms with Crippen molar-refractivity contribution in [3.05, 3.63) is 34.5 Å². The topological polar surface area (TPSA) is 111 Å². The lowest BCUT2D eigenvalue weighted by Crippen LogP contribution is -2.44. The monoisotopic (exact) mass is 643 g/mol. The summed E-state index contributed by atoms with van der Waals surface area (Å²) < 4.78 is 96.8. The highest BCUT2D eigenvalue weighted by Crippen LogP contribution is 2.43. The first-order chi connectivity index (χ1) is 19.3. The summed E-state index contributed by atoms with van der Waals surface area (Å²) in [6, 6.07) is 3.75. The Bertz CT molecular complexity index is 1390. The lowest BCUT2D eigenvalue weighted by molar-refractivity contribution is -0.211. The molecule has 1 fully saturated rings. The van der Waals surface area contributed by atoms with Gasteiger partial charge in [-0.1, -0.05) is 31.5 Å². The third-order valence-electron chi connectivity index (χ3n) is 7.90. The summed E-state index contributed by atoms with van der Waals surface area (Å²) in [4.78, 5) is 13.2. The number of sulfone groups is 1. The summed E-state index contributed by atoms with van der Waals surface area (Å²) in [5, 5.41) is 16.3. The molecule has 1 aromatic carbocycles. The molecule has 0 spiro atoms. The van der Waals surface area contributed by atoms with Crippen LogP contribution in [-0.2, 0) is 22.8 Å². The number of nitrogens with one attached hydrogen (secondary N) is 1. The SMILES string of the molecule is CCn1nc(C(=O)NC[C@]2(CO)CC[C@@H](S(C)(=O)=O)CC2)c(Cl)c1-c1ccc(CC(C)(C)C(F)(F)F)cc1OC(F)F. The highest BCUT2D eigenvalue weighted by atomic mass is 35.5. The summed E-state index contributed by atoms with van der Waals surface area (Å²) >= 11 is 6.56. The number of aliphatic hydroxyl groups excluding tert-OH is 1. The Morgan fingerprint density at radius 3 is 2.38 bits per heavy atom. The molecule has 236 valence electrons. The quantitative estimate of drug-likeness (QED) is 0.306. The highest BCUT2D eigenvalue weighted by molar-refractivity contribution is 7.91. The molecule has 1 saturated carbocycles. The maximum absolute atomic E-state index is 13.4. The Morgan fingerprint density at radius 1 is 1.26 bits per heavy atom. The third kappa shape index (κ3) is 7.54. The molecule has 1 aliphatic rings. The van der Waals surface area contributed by atoms with Crippen LogP contribution in [0.3, 0.4) is 0 Å². The van der Waals surface area contributed by atoms with Crippen LogP contribution in [-0.4, -0.2) is 66.7 Å². The van der Waals surface area contributed by atoms with Crippen molar-refractivity contribution in [1.29, 1.82) is 0 Å². The van der Waals surface area contributed by atoms with Crippen molar-refractivity contribution < 1.29 is 45.0 Å². The summed E-state index contributed by atoms with van der Waals surface area (Å²) in [5.74, 6) is -1.13. The number of alkyl halides is 5. The Morgan fingerprint density at radius 2 is 1.88 bits per heavy atom. The maximum atomic E-state index is 13.4. The van der Waals surface area contributed by atoms with Crippen molar-refractivity contribution in [3.63, 3.8) is 0 Å². The zero-order valence-corrected chi connectivity index (χ0v) is 25.3. The van der Waals surface area contributed by atoms with Gasteiger partial charge < -0.3 is 15.2 Å². The van der Waals surface area contributed by atoms with E-state index in [0.717, 1.165) is 19.9 Å². The number of aromatic nitrogens is 2. The number of carbonyl (C=O) groups excluding carboxylic acids is 1. The van der Waals surface area contributed by atoms with E-state index in [2.05, 4.69) is 15.2 Å². The van der Waals surface area contributed by atoms with Crippen molar-refractivity contribution in [2.24, 2.45) is 10.8 Å². The van der Waals surface area contributed by atoms with E-state index in [4.69, 9.17) is 11.6 Å². The smallest absolute Gasteiger partial charge is 0.394 e. The number of hydrogen-bond acceptors (Lipinski definition) is 6. The first-order valence-corrected chi connectivity index (χ1v) is 15.7. The molecule has 3 rings (SSSR count). The molecule has 0 aliphatic heterocycles. The molecule has 0 radical (unpaired) electrons. The van der Waals surface area contributed by atoms with E-state index in [9.17, 15) is 40.3 Å². The summed E-state index contributed by atoms with van der Waals surface area (Å²) in [6.45, 7) is 0.282. The number of ether oxygens (including phenoxy) is 1. The molecule has 15 heteroatoms. The summed E-state index contributed by atoms with van der Waals surface area (Å²) in [6.07, 6.45) is -2.44. The molecule has 0 unspecified atom stereocenters. The van der Waals surface area contributed by atoms with Gasteiger partial charge in [-0.25, -0.2) is 8.42 Å². The molecule has 42 heavy (non-hydrogen) atoms. The fourth-order valence-electron chi connectivity index (χ4n) is 5.12. The molecule has 2 aromatic rings. The normalized spacial score (nSPS) is 20.1. The van der Waals surface area contributed by atoms with E-state index in [1.807, 2.05) is 0 Å². The predicted molar refractivity (Wildman–Crippen MR) is 147 cm³/mol. The van der Waals surface area contributed by atoms with Crippen LogP contribution < -0.4 is 10.1 Å². The van der Waals surface area contributed by atoms with E-state index in [1.54, 1.807) is 6.92 Å². The van der Waals surface area contributed by atoms with Gasteiger partial charge in [-0.3, -0.25) is 9.48 Å². The van der Waals surface area contributed by atoms with Gasteiger partial charge in [0, 0.05) is 30.3 Å². The van der Waals surface area contributed by atoms with E-state index >= 15 is 0 Å². The van der Waals surface area contributed by atoms with Gasteiger partial charge in [0.05, 0.1) is 28.0 Å². The molecular formula is C27H35ClF5N3O5S. The van der Waals surface area contributed by atoms with E-state index < -0.39 is 56.8 Å². The first kappa shape index (κ1) is 34.0. The van der Waals surface area contributed by atoms with Crippen molar-refractivity contribution in [2.75, 3.05) is 19.4 Å². The van der Waals surface area contributed by atoms with Crippen LogP contribution in [0.25, 0.3) is 11.3 Å². The number of nitrogens with zero attached hydrogens (tertiary/aromatic N) is 2. The molecule has 0 bridgehead atoms. The van der Waals surface area contributed by atoms with Crippen molar-refractivity contribution in [3.8, 4) is 17.0 Å². The van der Waals surface area contributed by atoms with Gasteiger partial charge in [-0.15, -0.1) is 0 Å². The third-order valence-corrected chi connectivity index (χ3v) is 9.94. The molecule has 0 saturated heterocycles. The molecule has 1 aliphatic carbocycles. The Balaban J connectivity index is 1.91. The minimum Gasteiger partial charge on any atom is -0.434 e. The van der Waals surface area contributed by atoms with Crippen molar-refractivity contribution in [1.82, 2.24) is 15.1 Å². The van der Waals surface area contributed by atoms with Crippen LogP contribution in [0.5, 0.6) is 5.75 Å². The average Bonchev–Trinajstić information content (AvgIpc) is 3.22. The second-order valence-electron chi connectivity index (χ2n) is 11.5. The van der Waals surface area contributed by atoms with Gasteiger partial charge in [-0.2, -0.15) is 27.1 Å². The minimum absolute atomic E-state index is 0.00758. The number of rotatable bonds is 11. The zero-order valence-electron chi connectivity index (χ0n) is 23.7. The van der Waals surface area contributed by atoms with Crippen molar-refractivity contribution >= 4 is 27.3 Å².